The number of hydrogen-bond donors (Lipinski definition) is 2. The summed E-state index contributed by atoms with van der Waals surface area (Å²) < 4.78 is 4.59. The summed E-state index contributed by atoms with van der Waals surface area (Å²) in [5, 5.41) is 11.9. The first-order valence-electron chi connectivity index (χ1n) is 7.29. The smallest absolute Gasteiger partial charge is 0.321 e. The van der Waals surface area contributed by atoms with Crippen molar-refractivity contribution in [3.63, 3.8) is 0 Å². The van der Waals surface area contributed by atoms with Gasteiger partial charge in [-0.25, -0.2) is 4.79 Å². The fourth-order valence-corrected chi connectivity index (χ4v) is 2.46. The molecule has 1 heterocycles. The van der Waals surface area contributed by atoms with E-state index >= 15 is 0 Å². The molecule has 1 aliphatic heterocycles. The Morgan fingerprint density at radius 3 is 2.48 bits per heavy atom. The number of esters is 1. The van der Waals surface area contributed by atoms with Gasteiger partial charge in [-0.15, -0.1) is 0 Å². The Morgan fingerprint density at radius 1 is 1.30 bits per heavy atom. The van der Waals surface area contributed by atoms with Crippen molar-refractivity contribution in [3.05, 3.63) is 29.8 Å². The van der Waals surface area contributed by atoms with Crippen LogP contribution < -0.4 is 5.32 Å². The molecule has 124 valence electrons. The molecule has 0 aliphatic carbocycles. The first-order chi connectivity index (χ1) is 10.8. The number of carbonyl (C=O) groups is 3. The van der Waals surface area contributed by atoms with Crippen LogP contribution in [0.1, 0.15) is 18.9 Å². The lowest BCUT2D eigenvalue weighted by atomic mass is 9.90. The van der Waals surface area contributed by atoms with E-state index in [1.165, 1.54) is 12.0 Å². The van der Waals surface area contributed by atoms with Crippen molar-refractivity contribution >= 4 is 23.7 Å². The van der Waals surface area contributed by atoms with Gasteiger partial charge in [0.1, 0.15) is 0 Å². The maximum Gasteiger partial charge on any atom is 0.321 e. The van der Waals surface area contributed by atoms with Crippen LogP contribution in [0.5, 0.6) is 0 Å². The van der Waals surface area contributed by atoms with Crippen LogP contribution in [0, 0.1) is 5.41 Å². The van der Waals surface area contributed by atoms with Crippen molar-refractivity contribution < 1.29 is 24.2 Å². The van der Waals surface area contributed by atoms with E-state index in [1.54, 1.807) is 31.2 Å². The van der Waals surface area contributed by atoms with Gasteiger partial charge in [0, 0.05) is 18.8 Å². The second-order valence-corrected chi connectivity index (χ2v) is 5.92. The number of methoxy groups -OCH3 is 1. The molecule has 1 unspecified atom stereocenters. The van der Waals surface area contributed by atoms with Gasteiger partial charge in [0.15, 0.2) is 0 Å². The van der Waals surface area contributed by atoms with Crippen molar-refractivity contribution in [2.75, 3.05) is 25.5 Å². The number of nitrogens with zero attached hydrogens (tertiary/aromatic N) is 1. The normalized spacial score (nSPS) is 20.2. The minimum Gasteiger partial charge on any atom is -0.481 e. The highest BCUT2D eigenvalue weighted by atomic mass is 16.5. The van der Waals surface area contributed by atoms with E-state index in [-0.39, 0.29) is 25.0 Å². The van der Waals surface area contributed by atoms with Crippen LogP contribution in [0.15, 0.2) is 24.3 Å². The van der Waals surface area contributed by atoms with Crippen LogP contribution in [0.4, 0.5) is 10.5 Å². The maximum atomic E-state index is 12.2. The topological polar surface area (TPSA) is 95.9 Å². The fraction of sp³-hybridized carbons (Fsp3) is 0.438. The molecule has 0 bridgehead atoms. The Balaban J connectivity index is 1.93. The summed E-state index contributed by atoms with van der Waals surface area (Å²) in [6, 6.07) is 6.54. The minimum atomic E-state index is -0.889. The fourth-order valence-electron chi connectivity index (χ4n) is 2.46. The van der Waals surface area contributed by atoms with Gasteiger partial charge in [-0.2, -0.15) is 0 Å². The Morgan fingerprint density at radius 2 is 1.96 bits per heavy atom. The number of ether oxygens (including phenoxy) is 1. The number of likely N-dealkylation sites (tertiary alicyclic amines) is 1. The summed E-state index contributed by atoms with van der Waals surface area (Å²) in [7, 11) is 1.33. The monoisotopic (exact) mass is 320 g/mol. The number of rotatable bonds is 4. The molecule has 23 heavy (non-hydrogen) atoms. The van der Waals surface area contributed by atoms with E-state index in [4.69, 9.17) is 0 Å². The van der Waals surface area contributed by atoms with Gasteiger partial charge in [0.05, 0.1) is 18.9 Å². The lowest BCUT2D eigenvalue weighted by Crippen LogP contribution is -2.37. The molecule has 1 saturated heterocycles. The number of benzene rings is 1. The number of anilines is 1. The first-order valence-corrected chi connectivity index (χ1v) is 7.29. The molecule has 0 spiro atoms. The molecule has 2 N–H and O–H groups in total. The van der Waals surface area contributed by atoms with E-state index in [2.05, 4.69) is 10.1 Å². The molecular weight excluding hydrogens is 300 g/mol. The predicted octanol–water partition coefficient (Wildman–Crippen LogP) is 1.73. The zero-order valence-electron chi connectivity index (χ0n) is 13.2. The Hall–Kier alpha value is -2.57. The van der Waals surface area contributed by atoms with Crippen LogP contribution >= 0.6 is 0 Å². The molecular formula is C16H20N2O5. The number of amides is 2. The quantitative estimate of drug-likeness (QED) is 0.824. The van der Waals surface area contributed by atoms with E-state index in [9.17, 15) is 19.5 Å². The standard InChI is InChI=1S/C16H20N2O5/c1-16(14(20)21)7-8-18(10-16)15(22)17-12-5-3-11(4-6-12)9-13(19)23-2/h3-6H,7-10H2,1-2H3,(H,17,22)(H,20,21). The van der Waals surface area contributed by atoms with Crippen LogP contribution in [0.3, 0.4) is 0 Å². The number of hydrogen-bond acceptors (Lipinski definition) is 4. The average Bonchev–Trinajstić information content (AvgIpc) is 2.93. The highest BCUT2D eigenvalue weighted by molar-refractivity contribution is 5.90. The third-order valence-corrected chi connectivity index (χ3v) is 4.06. The van der Waals surface area contributed by atoms with Gasteiger partial charge in [-0.3, -0.25) is 9.59 Å². The average molecular weight is 320 g/mol. The summed E-state index contributed by atoms with van der Waals surface area (Å²) in [6.45, 7) is 2.24. The Labute approximate surface area is 134 Å². The minimum absolute atomic E-state index is 0.174. The number of carboxylic acid groups (broad SMARTS) is 1. The first kappa shape index (κ1) is 16.8. The molecule has 1 aromatic carbocycles. The van der Waals surface area contributed by atoms with E-state index in [0.717, 1.165) is 5.56 Å². The largest absolute Gasteiger partial charge is 0.481 e. The van der Waals surface area contributed by atoms with E-state index in [0.29, 0.717) is 18.7 Å². The highest BCUT2D eigenvalue weighted by Gasteiger charge is 2.42. The zero-order chi connectivity index (χ0) is 17.0. The van der Waals surface area contributed by atoms with Crippen LogP contribution in [0.2, 0.25) is 0 Å². The third-order valence-electron chi connectivity index (χ3n) is 4.06. The van der Waals surface area contributed by atoms with Crippen molar-refractivity contribution in [3.8, 4) is 0 Å². The summed E-state index contributed by atoms with van der Waals surface area (Å²) >= 11 is 0. The molecule has 0 aromatic heterocycles. The maximum absolute atomic E-state index is 12.2. The van der Waals surface area contributed by atoms with Gasteiger partial charge < -0.3 is 20.1 Å². The Kier molecular flexibility index (Phi) is 4.88. The molecule has 1 aromatic rings. The van der Waals surface area contributed by atoms with Crippen molar-refractivity contribution in [2.24, 2.45) is 5.41 Å². The number of nitrogens with one attached hydrogen (secondary N) is 1. The van der Waals surface area contributed by atoms with Gasteiger partial charge in [-0.05, 0) is 31.0 Å². The molecule has 7 nitrogen and oxygen atoms in total. The van der Waals surface area contributed by atoms with E-state index < -0.39 is 11.4 Å². The number of carbonyl (C=O) groups excluding carboxylic acids is 2. The van der Waals surface area contributed by atoms with Gasteiger partial charge >= 0.3 is 18.0 Å². The third kappa shape index (κ3) is 4.00. The molecule has 2 amide bonds. The second kappa shape index (κ2) is 6.68. The van der Waals surface area contributed by atoms with Gasteiger partial charge in [-0.1, -0.05) is 12.1 Å². The summed E-state index contributed by atoms with van der Waals surface area (Å²) in [5.74, 6) is -1.22. The molecule has 0 radical (unpaired) electrons. The van der Waals surface area contributed by atoms with Crippen LogP contribution in [-0.2, 0) is 20.7 Å². The molecule has 1 atom stereocenters. The van der Waals surface area contributed by atoms with Crippen LogP contribution in [-0.4, -0.2) is 48.2 Å². The summed E-state index contributed by atoms with van der Waals surface area (Å²) in [4.78, 5) is 36.1. The second-order valence-electron chi connectivity index (χ2n) is 5.92. The lowest BCUT2D eigenvalue weighted by molar-refractivity contribution is -0.147. The number of urea groups is 1. The molecule has 0 saturated carbocycles. The Bertz CT molecular complexity index is 613. The highest BCUT2D eigenvalue weighted by Crippen LogP contribution is 2.30. The van der Waals surface area contributed by atoms with Crippen LogP contribution in [0.25, 0.3) is 0 Å². The molecule has 7 heteroatoms. The lowest BCUT2D eigenvalue weighted by Gasteiger charge is -2.20. The summed E-state index contributed by atoms with van der Waals surface area (Å²) in [6.07, 6.45) is 0.613. The predicted molar refractivity (Wildman–Crippen MR) is 83.1 cm³/mol. The van der Waals surface area contributed by atoms with Crippen molar-refractivity contribution in [1.82, 2.24) is 4.90 Å². The van der Waals surface area contributed by atoms with Gasteiger partial charge in [0.2, 0.25) is 0 Å². The molecule has 1 fully saturated rings. The van der Waals surface area contributed by atoms with Gasteiger partial charge in [0.25, 0.3) is 0 Å². The molecule has 2 rings (SSSR count). The van der Waals surface area contributed by atoms with E-state index in [1.807, 2.05) is 0 Å². The SMILES string of the molecule is COC(=O)Cc1ccc(NC(=O)N2CCC(C)(C(=O)O)C2)cc1. The number of carboxylic acids is 1. The summed E-state index contributed by atoms with van der Waals surface area (Å²) in [5.41, 5.74) is 0.490. The molecule has 1 aliphatic rings. The number of aliphatic carboxylic acids is 1. The van der Waals surface area contributed by atoms with Crippen molar-refractivity contribution in [2.45, 2.75) is 19.8 Å². The van der Waals surface area contributed by atoms with Crippen molar-refractivity contribution in [1.29, 1.82) is 0 Å². The zero-order valence-corrected chi connectivity index (χ0v) is 13.2.